The molecule has 1 aromatic rings. The SMILES string of the molecule is C=CCCCCCCCCOC(=O)CCN(CCC(=O)OCCCCCCCCC=C)C1=CC(=O)C(=C2C(=O)C(=O)C(c3ccc(N(CCC(=O)OCCCCCCCCC=C)CCC(=O)OCCCCCCCCC=C)cc3O)=C2O)C=C1. The van der Waals surface area contributed by atoms with Crippen molar-refractivity contribution in [1.82, 2.24) is 4.90 Å². The van der Waals surface area contributed by atoms with Gasteiger partial charge < -0.3 is 39.0 Å². The van der Waals surface area contributed by atoms with Crippen LogP contribution in [0.25, 0.3) is 5.57 Å². The fourth-order valence-corrected chi connectivity index (χ4v) is 9.98. The molecule has 84 heavy (non-hydrogen) atoms. The van der Waals surface area contributed by atoms with Gasteiger partial charge in [-0.1, -0.05) is 127 Å². The smallest absolute Gasteiger partial charge is 0.307 e. The molecule has 0 radical (unpaired) electrons. The average Bonchev–Trinajstić information content (AvgIpc) is 3.36. The van der Waals surface area contributed by atoms with Crippen molar-refractivity contribution in [3.8, 4) is 5.75 Å². The standard InChI is InChI=1S/C69H100N2O13/c1-5-9-13-17-21-25-29-33-49-81-61(74)41-45-70(46-42-62(75)82-50-34-30-26-22-18-14-10-6-2)55-37-39-57(59(72)53-55)65-67(78)66(69(80)68(65)79)58-40-38-56(54-60(58)73)71(47-43-63(76)83-51-35-31-27-23-19-15-11-7-3)48-44-64(77)84-52-36-32-28-24-20-16-12-8-4/h5-8,37-40,53-54,72,78H,1-4,9-36,41-52H2. The van der Waals surface area contributed by atoms with E-state index in [-0.39, 0.29) is 89.4 Å². The molecule has 0 saturated carbocycles. The van der Waals surface area contributed by atoms with Crippen molar-refractivity contribution in [3.05, 3.63) is 115 Å². The normalized spacial score (nSPS) is 13.9. The number of allylic oxidation sites excluding steroid dienone is 10. The highest BCUT2D eigenvalue weighted by molar-refractivity contribution is 6.63. The summed E-state index contributed by atoms with van der Waals surface area (Å²) in [7, 11) is 0. The summed E-state index contributed by atoms with van der Waals surface area (Å²) < 4.78 is 22.1. The van der Waals surface area contributed by atoms with Gasteiger partial charge >= 0.3 is 23.9 Å². The number of nitrogens with zero attached hydrogens (tertiary/aromatic N) is 2. The van der Waals surface area contributed by atoms with E-state index in [9.17, 15) is 43.8 Å². The van der Waals surface area contributed by atoms with E-state index in [4.69, 9.17) is 18.9 Å². The van der Waals surface area contributed by atoms with Crippen LogP contribution in [-0.2, 0) is 52.5 Å². The summed E-state index contributed by atoms with van der Waals surface area (Å²) in [6.45, 7) is 16.6. The van der Waals surface area contributed by atoms with Gasteiger partial charge in [-0.2, -0.15) is 0 Å². The van der Waals surface area contributed by atoms with Gasteiger partial charge in [0.25, 0.3) is 0 Å². The number of anilines is 1. The number of phenols is 1. The minimum Gasteiger partial charge on any atom is -0.507 e. The average molecular weight is 1170 g/mol. The number of aliphatic hydroxyl groups is 1. The van der Waals surface area contributed by atoms with Crippen molar-refractivity contribution in [2.45, 2.75) is 205 Å². The summed E-state index contributed by atoms with van der Waals surface area (Å²) >= 11 is 0. The number of phenolic OH excluding ortho intramolecular Hbond substituents is 1. The molecular formula is C69H100N2O13. The van der Waals surface area contributed by atoms with Crippen molar-refractivity contribution in [1.29, 1.82) is 0 Å². The number of Topliss-reactive ketones (excluding diaryl/α,β-unsaturated/α-hetero) is 2. The Kier molecular flexibility index (Phi) is 38.1. The summed E-state index contributed by atoms with van der Waals surface area (Å²) in [6, 6.07) is 4.22. The first kappa shape index (κ1) is 71.5. The third-order valence-electron chi connectivity index (χ3n) is 15.0. The van der Waals surface area contributed by atoms with Crippen LogP contribution in [0.3, 0.4) is 0 Å². The number of unbranched alkanes of at least 4 members (excludes halogenated alkanes) is 24. The first-order valence-corrected chi connectivity index (χ1v) is 31.5. The van der Waals surface area contributed by atoms with E-state index in [1.54, 1.807) is 15.9 Å². The zero-order valence-electron chi connectivity index (χ0n) is 50.7. The van der Waals surface area contributed by atoms with Crippen molar-refractivity contribution in [2.24, 2.45) is 0 Å². The zero-order chi connectivity index (χ0) is 61.0. The van der Waals surface area contributed by atoms with Crippen LogP contribution >= 0.6 is 0 Å². The monoisotopic (exact) mass is 1160 g/mol. The Labute approximate surface area is 502 Å². The summed E-state index contributed by atoms with van der Waals surface area (Å²) in [6.07, 6.45) is 40.0. The topological polar surface area (TPSA) is 203 Å². The highest BCUT2D eigenvalue weighted by atomic mass is 16.5. The Morgan fingerprint density at radius 3 is 1.11 bits per heavy atom. The molecule has 15 nitrogen and oxygen atoms in total. The molecule has 0 aromatic heterocycles. The molecule has 0 amide bonds. The van der Waals surface area contributed by atoms with E-state index < -0.39 is 63.9 Å². The molecule has 3 rings (SSSR count). The number of ketones is 3. The van der Waals surface area contributed by atoms with E-state index in [0.717, 1.165) is 180 Å². The maximum absolute atomic E-state index is 14.0. The predicted molar refractivity (Wildman–Crippen MR) is 333 cm³/mol. The molecule has 0 bridgehead atoms. The van der Waals surface area contributed by atoms with Gasteiger partial charge in [0.2, 0.25) is 11.6 Å². The first-order chi connectivity index (χ1) is 40.9. The molecule has 0 heterocycles. The van der Waals surface area contributed by atoms with Crippen LogP contribution in [0.1, 0.15) is 211 Å². The highest BCUT2D eigenvalue weighted by Crippen LogP contribution is 2.39. The van der Waals surface area contributed by atoms with Gasteiger partial charge in [-0.15, -0.1) is 26.3 Å². The lowest BCUT2D eigenvalue weighted by molar-refractivity contribution is -0.145. The van der Waals surface area contributed by atoms with Crippen molar-refractivity contribution in [3.63, 3.8) is 0 Å². The van der Waals surface area contributed by atoms with Gasteiger partial charge in [-0.25, -0.2) is 0 Å². The number of carbonyl (C=O) groups is 7. The number of rotatable bonds is 51. The molecule has 0 fully saturated rings. The predicted octanol–water partition coefficient (Wildman–Crippen LogP) is 14.6. The maximum atomic E-state index is 14.0. The Morgan fingerprint density at radius 2 is 0.762 bits per heavy atom. The van der Waals surface area contributed by atoms with Gasteiger partial charge in [-0.05, 0) is 101 Å². The molecule has 464 valence electrons. The lowest BCUT2D eigenvalue weighted by Crippen LogP contribution is -2.30. The van der Waals surface area contributed by atoms with E-state index in [1.807, 2.05) is 24.3 Å². The van der Waals surface area contributed by atoms with E-state index in [0.29, 0.717) is 11.4 Å². The number of aromatic hydroxyl groups is 1. The maximum Gasteiger partial charge on any atom is 0.307 e. The van der Waals surface area contributed by atoms with Crippen LogP contribution in [0.15, 0.2) is 110 Å². The van der Waals surface area contributed by atoms with E-state index in [1.165, 1.54) is 30.4 Å². The first-order valence-electron chi connectivity index (χ1n) is 31.5. The molecule has 15 heteroatoms. The Hall–Kier alpha value is -6.77. The van der Waals surface area contributed by atoms with Crippen LogP contribution < -0.4 is 4.90 Å². The second kappa shape index (κ2) is 44.7. The molecule has 0 saturated heterocycles. The van der Waals surface area contributed by atoms with Crippen LogP contribution in [-0.4, -0.2) is 109 Å². The molecule has 2 aliphatic rings. The van der Waals surface area contributed by atoms with Crippen molar-refractivity contribution in [2.75, 3.05) is 57.5 Å². The van der Waals surface area contributed by atoms with Gasteiger partial charge in [0.1, 0.15) is 11.5 Å². The second-order valence-electron chi connectivity index (χ2n) is 21.8. The molecule has 0 spiro atoms. The minimum atomic E-state index is -1.15. The summed E-state index contributed by atoms with van der Waals surface area (Å²) in [5.41, 5.74) is -0.744. The largest absolute Gasteiger partial charge is 0.507 e. The summed E-state index contributed by atoms with van der Waals surface area (Å²) in [5, 5.41) is 23.2. The lowest BCUT2D eigenvalue weighted by atomic mass is 9.96. The Bertz CT molecular complexity index is 2310. The Balaban J connectivity index is 1.76. The van der Waals surface area contributed by atoms with Crippen molar-refractivity contribution >= 4 is 52.5 Å². The molecule has 0 atom stereocenters. The van der Waals surface area contributed by atoms with Gasteiger partial charge in [0, 0.05) is 60.8 Å². The number of benzene rings is 1. The molecular weight excluding hydrogens is 1060 g/mol. The van der Waals surface area contributed by atoms with Gasteiger partial charge in [0.05, 0.1) is 63.3 Å². The van der Waals surface area contributed by atoms with Crippen molar-refractivity contribution < 1.29 is 62.7 Å². The third kappa shape index (κ3) is 29.2. The number of carbonyl (C=O) groups excluding carboxylic acids is 7. The van der Waals surface area contributed by atoms with Crippen LogP contribution in [0.4, 0.5) is 5.69 Å². The molecule has 2 aliphatic carbocycles. The number of hydrogen-bond acceptors (Lipinski definition) is 15. The van der Waals surface area contributed by atoms with Gasteiger partial charge in [-0.3, -0.25) is 33.6 Å². The number of aliphatic hydroxyl groups excluding tert-OH is 1. The number of hydrogen-bond donors (Lipinski definition) is 2. The fraction of sp³-hybridized carbons (Fsp3) is 0.580. The van der Waals surface area contributed by atoms with E-state index in [2.05, 4.69) is 26.3 Å². The third-order valence-corrected chi connectivity index (χ3v) is 15.0. The lowest BCUT2D eigenvalue weighted by Gasteiger charge is -2.27. The van der Waals surface area contributed by atoms with Crippen LogP contribution in [0.2, 0.25) is 0 Å². The second-order valence-corrected chi connectivity index (χ2v) is 21.8. The summed E-state index contributed by atoms with van der Waals surface area (Å²) in [5.74, 6) is -5.97. The highest BCUT2D eigenvalue weighted by Gasteiger charge is 2.41. The number of ether oxygens (including phenoxy) is 4. The Morgan fingerprint density at radius 1 is 0.429 bits per heavy atom. The quantitative estimate of drug-likeness (QED) is 0.0156. The van der Waals surface area contributed by atoms with Crippen LogP contribution in [0.5, 0.6) is 5.75 Å². The zero-order valence-corrected chi connectivity index (χ0v) is 50.7. The molecule has 0 unspecified atom stereocenters. The molecule has 1 aromatic carbocycles. The van der Waals surface area contributed by atoms with E-state index >= 15 is 0 Å². The van der Waals surface area contributed by atoms with Gasteiger partial charge in [0.15, 0.2) is 5.78 Å². The molecule has 2 N–H and O–H groups in total. The minimum absolute atomic E-state index is 0.0224. The van der Waals surface area contributed by atoms with Crippen LogP contribution in [0, 0.1) is 0 Å². The number of esters is 4. The summed E-state index contributed by atoms with van der Waals surface area (Å²) in [4.78, 5) is 96.6. The molecule has 0 aliphatic heterocycles. The fourth-order valence-electron chi connectivity index (χ4n) is 9.98.